The van der Waals surface area contributed by atoms with Gasteiger partial charge in [0.1, 0.15) is 0 Å². The van der Waals surface area contributed by atoms with Crippen molar-refractivity contribution in [3.8, 4) is 0 Å². The molecule has 1 aliphatic heterocycles. The van der Waals surface area contributed by atoms with Gasteiger partial charge in [-0.2, -0.15) is 0 Å². The molecule has 0 aromatic rings. The quantitative estimate of drug-likeness (QED) is 0.586. The van der Waals surface area contributed by atoms with Crippen LogP contribution in [0.5, 0.6) is 0 Å². The van der Waals surface area contributed by atoms with Crippen molar-refractivity contribution < 1.29 is 33.6 Å². The molecule has 3 aliphatic rings. The second-order valence-corrected chi connectivity index (χ2v) is 9.71. The Balaban J connectivity index is 2.13. The fraction of sp³-hybridized carbons (Fsp3) is 0.176. The van der Waals surface area contributed by atoms with E-state index in [1.807, 2.05) is 24.3 Å². The molecule has 0 spiro atoms. The molecule has 1 heterocycles. The van der Waals surface area contributed by atoms with Crippen LogP contribution < -0.4 is 0 Å². The van der Waals surface area contributed by atoms with Crippen LogP contribution in [0.3, 0.4) is 0 Å². The van der Waals surface area contributed by atoms with Crippen LogP contribution in [0.2, 0.25) is 0 Å². The maximum atomic E-state index is 11.9. The summed E-state index contributed by atoms with van der Waals surface area (Å²) < 4.78 is 13.5. The molecule has 22 heavy (non-hydrogen) atoms. The van der Waals surface area contributed by atoms with E-state index >= 15 is 0 Å². The van der Waals surface area contributed by atoms with Crippen LogP contribution in [0.4, 0.5) is 0 Å². The standard InChI is InChI=1S/C11H10.2C3H4O2.Ti/c1-2-6-10(5-1)9-11-7-3-4-8-11;2*1-2-3(4)5;/h1,3,5,7H,2,4,9H2;2*2H,1H2,(H,4,5);/q;;;+2/p-2. The second-order valence-electron chi connectivity index (χ2n) is 5.26. The van der Waals surface area contributed by atoms with Crippen LogP contribution >= 0.6 is 0 Å². The minimum atomic E-state index is -3.96. The van der Waals surface area contributed by atoms with Crippen molar-refractivity contribution in [3.05, 3.63) is 68.5 Å². The van der Waals surface area contributed by atoms with Crippen LogP contribution in [0.25, 0.3) is 0 Å². The summed E-state index contributed by atoms with van der Waals surface area (Å²) in [6.45, 7) is 6.92. The Hall–Kier alpha value is -1.91. The molecule has 0 aromatic heterocycles. The number of carbonyl (C=O) groups is 2. The average molecular weight is 332 g/mol. The molecule has 0 saturated carbocycles. The summed E-state index contributed by atoms with van der Waals surface area (Å²) in [5, 5.41) is 0. The molecule has 0 amide bonds. The van der Waals surface area contributed by atoms with E-state index in [1.54, 1.807) is 0 Å². The van der Waals surface area contributed by atoms with Crippen LogP contribution in [0, 0.1) is 0 Å². The molecule has 0 aromatic carbocycles. The number of carbonyl (C=O) groups excluding carboxylic acids is 2. The van der Waals surface area contributed by atoms with Gasteiger partial charge in [0.2, 0.25) is 0 Å². The topological polar surface area (TPSA) is 52.6 Å². The number of allylic oxidation sites excluding steroid dienone is 8. The molecule has 0 unspecified atom stereocenters. The van der Waals surface area contributed by atoms with Gasteiger partial charge in [-0.05, 0) is 0 Å². The number of rotatable bonds is 4. The van der Waals surface area contributed by atoms with E-state index in [9.17, 15) is 9.59 Å². The third kappa shape index (κ3) is 2.29. The first-order chi connectivity index (χ1) is 10.6. The molecule has 0 atom stereocenters. The third-order valence-corrected chi connectivity index (χ3v) is 9.70. The number of hydrogen-bond donors (Lipinski definition) is 0. The summed E-state index contributed by atoms with van der Waals surface area (Å²) >= 11 is -3.96. The molecule has 0 N–H and O–H groups in total. The average Bonchev–Trinajstić information content (AvgIpc) is 3.16. The van der Waals surface area contributed by atoms with Gasteiger partial charge in [0.25, 0.3) is 0 Å². The molecule has 112 valence electrons. The van der Waals surface area contributed by atoms with E-state index in [-0.39, 0.29) is 0 Å². The van der Waals surface area contributed by atoms with E-state index in [2.05, 4.69) is 13.2 Å². The third-order valence-electron chi connectivity index (χ3n) is 4.05. The van der Waals surface area contributed by atoms with E-state index < -0.39 is 29.3 Å². The van der Waals surface area contributed by atoms with Crippen LogP contribution in [0.15, 0.2) is 68.5 Å². The van der Waals surface area contributed by atoms with Crippen LogP contribution in [-0.2, 0) is 33.6 Å². The Morgan fingerprint density at radius 2 is 1.41 bits per heavy atom. The molecule has 3 rings (SSSR count). The Bertz CT molecular complexity index is 646. The molecule has 0 bridgehead atoms. The SMILES string of the molecule is C=CC(=O)[O][Ti]1([O]C(=O)C=C)[C]2=C(C=CC2)CC2=[C]1CC=C2. The van der Waals surface area contributed by atoms with E-state index in [1.165, 1.54) is 0 Å². The van der Waals surface area contributed by atoms with Crippen LogP contribution in [-0.4, -0.2) is 11.9 Å². The molecule has 0 saturated heterocycles. The Kier molecular flexibility index (Phi) is 3.89. The summed E-state index contributed by atoms with van der Waals surface area (Å²) in [7, 11) is 0. The molecule has 5 heteroatoms. The van der Waals surface area contributed by atoms with Crippen molar-refractivity contribution in [1.29, 1.82) is 0 Å². The second kappa shape index (κ2) is 5.71. The van der Waals surface area contributed by atoms with Crippen molar-refractivity contribution in [2.24, 2.45) is 0 Å². The summed E-state index contributed by atoms with van der Waals surface area (Å²) in [6.07, 6.45) is 12.5. The fourth-order valence-corrected chi connectivity index (χ4v) is 8.76. The Morgan fingerprint density at radius 3 is 1.82 bits per heavy atom. The number of hydrogen-bond acceptors (Lipinski definition) is 4. The first-order valence-corrected chi connectivity index (χ1v) is 9.93. The minimum absolute atomic E-state index is 0.545. The van der Waals surface area contributed by atoms with Gasteiger partial charge < -0.3 is 0 Å². The molecule has 0 fully saturated rings. The summed E-state index contributed by atoms with van der Waals surface area (Å²) in [5.41, 5.74) is 2.22. The van der Waals surface area contributed by atoms with E-state index in [0.29, 0.717) is 12.8 Å². The van der Waals surface area contributed by atoms with E-state index in [4.69, 9.17) is 6.64 Å². The fourth-order valence-electron chi connectivity index (χ4n) is 3.15. The van der Waals surface area contributed by atoms with Crippen molar-refractivity contribution in [2.75, 3.05) is 0 Å². The normalized spacial score (nSPS) is 20.5. The van der Waals surface area contributed by atoms with Gasteiger partial charge in [0.15, 0.2) is 0 Å². The zero-order chi connectivity index (χ0) is 15.7. The monoisotopic (exact) mass is 332 g/mol. The first-order valence-electron chi connectivity index (χ1n) is 7.09. The van der Waals surface area contributed by atoms with Crippen molar-refractivity contribution in [1.82, 2.24) is 0 Å². The van der Waals surface area contributed by atoms with Gasteiger partial charge in [0.05, 0.1) is 0 Å². The van der Waals surface area contributed by atoms with Crippen molar-refractivity contribution >= 4 is 11.9 Å². The zero-order valence-corrected chi connectivity index (χ0v) is 13.7. The first kappa shape index (κ1) is 15.0. The summed E-state index contributed by atoms with van der Waals surface area (Å²) in [6, 6.07) is 0. The van der Waals surface area contributed by atoms with Gasteiger partial charge in [-0.3, -0.25) is 0 Å². The van der Waals surface area contributed by atoms with Gasteiger partial charge in [-0.25, -0.2) is 0 Å². The molecule has 4 nitrogen and oxygen atoms in total. The molecular weight excluding hydrogens is 316 g/mol. The molecule has 0 radical (unpaired) electrons. The predicted octanol–water partition coefficient (Wildman–Crippen LogP) is 3.26. The predicted molar refractivity (Wildman–Crippen MR) is 78.8 cm³/mol. The van der Waals surface area contributed by atoms with Crippen molar-refractivity contribution in [3.63, 3.8) is 0 Å². The van der Waals surface area contributed by atoms with Gasteiger partial charge in [-0.1, -0.05) is 0 Å². The Labute approximate surface area is 133 Å². The summed E-state index contributed by atoms with van der Waals surface area (Å²) in [4.78, 5) is 23.9. The molecular formula is C17H16O4Ti. The van der Waals surface area contributed by atoms with Gasteiger partial charge in [0, 0.05) is 0 Å². The van der Waals surface area contributed by atoms with Gasteiger partial charge >= 0.3 is 133 Å². The Morgan fingerprint density at radius 1 is 0.955 bits per heavy atom. The summed E-state index contributed by atoms with van der Waals surface area (Å²) in [5.74, 6) is -1.09. The van der Waals surface area contributed by atoms with Crippen LogP contribution in [0.1, 0.15) is 19.3 Å². The van der Waals surface area contributed by atoms with Gasteiger partial charge in [-0.15, -0.1) is 0 Å². The van der Waals surface area contributed by atoms with E-state index in [0.717, 1.165) is 37.5 Å². The van der Waals surface area contributed by atoms with Crippen molar-refractivity contribution in [2.45, 2.75) is 19.3 Å². The molecule has 2 aliphatic carbocycles. The zero-order valence-electron chi connectivity index (χ0n) is 12.1. The maximum absolute atomic E-state index is 11.9.